The number of hydrogen-bond donors (Lipinski definition) is 8. The highest BCUT2D eigenvalue weighted by atomic mass is 32.1. The number of benzene rings is 2. The van der Waals surface area contributed by atoms with Gasteiger partial charge in [0.25, 0.3) is 0 Å². The van der Waals surface area contributed by atoms with E-state index in [0.29, 0.717) is 12.1 Å². The molecule has 0 radical (unpaired) electrons. The van der Waals surface area contributed by atoms with E-state index < -0.39 is 53.7 Å². The number of aromatic amines is 1. The molecule has 0 saturated heterocycles. The van der Waals surface area contributed by atoms with Crippen LogP contribution in [0.25, 0.3) is 10.1 Å². The predicted octanol–water partition coefficient (Wildman–Crippen LogP) is 0.150. The van der Waals surface area contributed by atoms with Gasteiger partial charge in [0.2, 0.25) is 29.5 Å². The highest BCUT2D eigenvalue weighted by molar-refractivity contribution is 7.17. The number of nitrogens with one attached hydrogen (secondary N) is 5. The van der Waals surface area contributed by atoms with Gasteiger partial charge in [-0.2, -0.15) is 0 Å². The molecule has 11 N–H and O–H groups in total. The van der Waals surface area contributed by atoms with E-state index in [9.17, 15) is 24.0 Å². The molecule has 0 bridgehead atoms. The molecule has 2 heterocycles. The molecule has 0 spiro atoms. The summed E-state index contributed by atoms with van der Waals surface area (Å²) >= 11 is 1.51. The summed E-state index contributed by atoms with van der Waals surface area (Å²) in [5.74, 6) is -3.23. The number of nitrogens with two attached hydrogens (primary N) is 3. The van der Waals surface area contributed by atoms with Crippen molar-refractivity contribution in [2.75, 3.05) is 6.54 Å². The molecule has 5 amide bonds. The fourth-order valence-corrected chi connectivity index (χ4v) is 6.33. The highest BCUT2D eigenvalue weighted by Gasteiger charge is 2.31. The lowest BCUT2D eigenvalue weighted by Crippen LogP contribution is -2.59. The van der Waals surface area contributed by atoms with Gasteiger partial charge in [-0.3, -0.25) is 29.0 Å². The number of carbonyl (C=O) groups is 5. The van der Waals surface area contributed by atoms with Crippen molar-refractivity contribution in [1.29, 1.82) is 0 Å². The fraction of sp³-hybridized carbons (Fsp3) is 0.324. The molecule has 2 aromatic heterocycles. The Morgan fingerprint density at radius 3 is 2.10 bits per heavy atom. The van der Waals surface area contributed by atoms with Crippen molar-refractivity contribution < 1.29 is 24.0 Å². The van der Waals surface area contributed by atoms with Crippen LogP contribution in [0.2, 0.25) is 0 Å². The van der Waals surface area contributed by atoms with Crippen molar-refractivity contribution in [3.05, 3.63) is 89.3 Å². The lowest BCUT2D eigenvalue weighted by Gasteiger charge is -2.26. The molecule has 0 aliphatic carbocycles. The number of thiophene rings is 1. The Balaban J connectivity index is 1.55. The van der Waals surface area contributed by atoms with E-state index in [1.807, 2.05) is 35.7 Å². The monoisotopic (exact) mass is 702 g/mol. The molecule has 2 aromatic carbocycles. The van der Waals surface area contributed by atoms with Crippen LogP contribution in [-0.2, 0) is 43.2 Å². The third-order valence-electron chi connectivity index (χ3n) is 7.81. The van der Waals surface area contributed by atoms with Crippen LogP contribution in [0.3, 0.4) is 0 Å². The van der Waals surface area contributed by atoms with Crippen molar-refractivity contribution >= 4 is 56.9 Å². The third kappa shape index (κ3) is 11.2. The zero-order valence-corrected chi connectivity index (χ0v) is 28.4. The van der Waals surface area contributed by atoms with Gasteiger partial charge in [0.05, 0.1) is 6.33 Å². The fourth-order valence-electron chi connectivity index (χ4n) is 5.35. The first kappa shape index (κ1) is 37.1. The van der Waals surface area contributed by atoms with Gasteiger partial charge in [0, 0.05) is 49.3 Å². The van der Waals surface area contributed by atoms with Crippen molar-refractivity contribution in [2.24, 2.45) is 22.2 Å². The molecule has 0 unspecified atom stereocenters. The predicted molar refractivity (Wildman–Crippen MR) is 190 cm³/mol. The maximum absolute atomic E-state index is 14.0. The molecule has 264 valence electrons. The molecule has 4 atom stereocenters. The number of amides is 5. The third-order valence-corrected chi connectivity index (χ3v) is 8.82. The second-order valence-electron chi connectivity index (χ2n) is 11.7. The lowest BCUT2D eigenvalue weighted by atomic mass is 10.0. The molecule has 50 heavy (non-hydrogen) atoms. The normalized spacial score (nSPS) is 13.3. The molecule has 0 aliphatic heterocycles. The van der Waals surface area contributed by atoms with E-state index in [4.69, 9.17) is 17.2 Å². The molecule has 4 aromatic rings. The lowest BCUT2D eigenvalue weighted by molar-refractivity contribution is -0.134. The summed E-state index contributed by atoms with van der Waals surface area (Å²) in [7, 11) is 0. The van der Waals surface area contributed by atoms with Crippen molar-refractivity contribution in [1.82, 2.24) is 31.2 Å². The maximum Gasteiger partial charge on any atom is 0.243 e. The van der Waals surface area contributed by atoms with Gasteiger partial charge in [-0.1, -0.05) is 48.5 Å². The van der Waals surface area contributed by atoms with Gasteiger partial charge in [-0.25, -0.2) is 4.98 Å². The number of H-pyrrole nitrogens is 1. The minimum atomic E-state index is -1.15. The number of aromatic nitrogens is 2. The summed E-state index contributed by atoms with van der Waals surface area (Å²) in [5.41, 5.74) is 18.8. The standard InChI is InChI=1S/C34H42N10O5S/c1-20(45)41-28(16-23-17-38-19-40-23)33(49)44-27(14-21-8-3-2-4-9-21)32(48)42-25(11-7-13-39-34(36)37)31(47)43-26(30(35)46)15-22-18-50-29-12-6-5-10-24(22)29/h2-6,8-10,12,17-19,25-28H,7,11,13-16H2,1H3,(H2,35,46)(H,38,40)(H,41,45)(H,42,48)(H,43,47)(H,44,49)(H4,36,37,39)/t25-,26+,27-,28-/m0/s1. The Labute approximate surface area is 292 Å². The molecule has 4 rings (SSSR count). The van der Waals surface area contributed by atoms with Crippen LogP contribution in [0, 0.1) is 0 Å². The number of nitrogens with zero attached hydrogens (tertiary/aromatic N) is 2. The van der Waals surface area contributed by atoms with Crippen LogP contribution in [0.5, 0.6) is 0 Å². The molecular formula is C34H42N10O5S. The largest absolute Gasteiger partial charge is 0.370 e. The minimum absolute atomic E-state index is 0.0761. The van der Waals surface area contributed by atoms with E-state index in [-0.39, 0.29) is 38.2 Å². The smallest absolute Gasteiger partial charge is 0.243 e. The van der Waals surface area contributed by atoms with Crippen LogP contribution >= 0.6 is 11.3 Å². The zero-order valence-electron chi connectivity index (χ0n) is 27.6. The van der Waals surface area contributed by atoms with E-state index in [0.717, 1.165) is 21.2 Å². The number of carbonyl (C=O) groups excluding carboxylic acids is 5. The van der Waals surface area contributed by atoms with Crippen molar-refractivity contribution in [3.8, 4) is 0 Å². The quantitative estimate of drug-likeness (QED) is 0.0402. The van der Waals surface area contributed by atoms with Gasteiger partial charge in [0.1, 0.15) is 24.2 Å². The molecule has 0 saturated carbocycles. The second kappa shape index (κ2) is 18.1. The van der Waals surface area contributed by atoms with E-state index in [1.54, 1.807) is 24.3 Å². The van der Waals surface area contributed by atoms with Gasteiger partial charge < -0.3 is 43.5 Å². The van der Waals surface area contributed by atoms with Crippen LogP contribution < -0.4 is 38.5 Å². The highest BCUT2D eigenvalue weighted by Crippen LogP contribution is 2.26. The van der Waals surface area contributed by atoms with E-state index in [2.05, 4.69) is 36.2 Å². The number of rotatable bonds is 18. The molecule has 0 fully saturated rings. The van der Waals surface area contributed by atoms with E-state index >= 15 is 0 Å². The average Bonchev–Trinajstić information content (AvgIpc) is 3.75. The first-order chi connectivity index (χ1) is 24.0. The Morgan fingerprint density at radius 1 is 0.800 bits per heavy atom. The van der Waals surface area contributed by atoms with E-state index in [1.165, 1.54) is 30.8 Å². The van der Waals surface area contributed by atoms with Gasteiger partial charge in [-0.15, -0.1) is 11.3 Å². The number of imidazole rings is 1. The molecular weight excluding hydrogens is 661 g/mol. The summed E-state index contributed by atoms with van der Waals surface area (Å²) in [6.45, 7) is 1.46. The first-order valence-corrected chi connectivity index (χ1v) is 16.9. The van der Waals surface area contributed by atoms with Gasteiger partial charge in [0.15, 0.2) is 5.96 Å². The Morgan fingerprint density at radius 2 is 1.44 bits per heavy atom. The number of fused-ring (bicyclic) bond motifs is 1. The summed E-state index contributed by atoms with van der Waals surface area (Å²) in [6.07, 6.45) is 3.70. The number of aliphatic imine (C=N–C) groups is 1. The number of primary amides is 1. The molecule has 16 heteroatoms. The van der Waals surface area contributed by atoms with Crippen LogP contribution in [-0.4, -0.2) is 76.2 Å². The maximum atomic E-state index is 14.0. The van der Waals surface area contributed by atoms with Gasteiger partial charge >= 0.3 is 0 Å². The Bertz CT molecular complexity index is 1790. The number of guanidine groups is 1. The Kier molecular flexibility index (Phi) is 13.4. The summed E-state index contributed by atoms with van der Waals surface area (Å²) in [5, 5.41) is 13.7. The first-order valence-electron chi connectivity index (χ1n) is 16.0. The summed E-state index contributed by atoms with van der Waals surface area (Å²) in [6, 6.07) is 12.3. The second-order valence-corrected chi connectivity index (χ2v) is 12.6. The SMILES string of the molecule is CC(=O)N[C@@H](Cc1cnc[nH]1)C(=O)N[C@@H](Cc1ccccc1)C(=O)N[C@@H](CCCN=C(N)N)C(=O)N[C@H](Cc1csc2ccccc12)C(N)=O. The number of hydrogen-bond acceptors (Lipinski definition) is 8. The zero-order chi connectivity index (χ0) is 36.0. The van der Waals surface area contributed by atoms with Crippen LogP contribution in [0.4, 0.5) is 0 Å². The molecule has 15 nitrogen and oxygen atoms in total. The summed E-state index contributed by atoms with van der Waals surface area (Å²) < 4.78 is 1.03. The van der Waals surface area contributed by atoms with Crippen LogP contribution in [0.15, 0.2) is 77.5 Å². The van der Waals surface area contributed by atoms with Gasteiger partial charge in [-0.05, 0) is 40.8 Å². The average molecular weight is 703 g/mol. The molecule has 0 aliphatic rings. The van der Waals surface area contributed by atoms with Crippen LogP contribution in [0.1, 0.15) is 36.6 Å². The van der Waals surface area contributed by atoms with Crippen molar-refractivity contribution in [2.45, 2.75) is 63.2 Å². The van der Waals surface area contributed by atoms with Crippen molar-refractivity contribution in [3.63, 3.8) is 0 Å². The Hall–Kier alpha value is -5.77. The topological polar surface area (TPSA) is 253 Å². The summed E-state index contributed by atoms with van der Waals surface area (Å²) in [4.78, 5) is 76.7. The minimum Gasteiger partial charge on any atom is -0.370 e.